The van der Waals surface area contributed by atoms with Gasteiger partial charge >= 0.3 is 0 Å². The number of hydrogen-bond donors (Lipinski definition) is 1. The Morgan fingerprint density at radius 3 is 2.23 bits per heavy atom. The molecule has 0 atom stereocenters. The number of nitrogens with one attached hydrogen (secondary N) is 1. The van der Waals surface area contributed by atoms with E-state index in [-0.39, 0.29) is 27.0 Å². The fourth-order valence-electron chi connectivity index (χ4n) is 1.66. The third-order valence-corrected chi connectivity index (χ3v) is 5.00. The maximum atomic E-state index is 12.1. The van der Waals surface area contributed by atoms with Crippen molar-refractivity contribution in [3.63, 3.8) is 0 Å². The fourth-order valence-corrected chi connectivity index (χ4v) is 3.07. The summed E-state index contributed by atoms with van der Waals surface area (Å²) in [4.78, 5) is 10.6. The fraction of sp³-hybridized carbons (Fsp3) is 0.0714. The number of rotatable bonds is 5. The molecule has 2 aromatic rings. The second kappa shape index (κ2) is 6.66. The van der Waals surface area contributed by atoms with E-state index < -0.39 is 16.0 Å². The molecule has 0 saturated heterocycles. The second-order valence-corrected chi connectivity index (χ2v) is 6.97. The largest absolute Gasteiger partial charge is 0.545 e. The monoisotopic (exact) mass is 358 g/mol. The van der Waals surface area contributed by atoms with E-state index in [1.54, 1.807) is 0 Å². The molecule has 0 aromatic heterocycles. The summed E-state index contributed by atoms with van der Waals surface area (Å²) in [5, 5.41) is 11.0. The van der Waals surface area contributed by atoms with Crippen LogP contribution in [0.3, 0.4) is 0 Å². The van der Waals surface area contributed by atoms with Crippen LogP contribution in [0, 0.1) is 0 Å². The summed E-state index contributed by atoms with van der Waals surface area (Å²) in [7, 11) is -3.75. The SMILES string of the molecule is O=C([O-])c1ccc(CNS(=O)(=O)c2ccc(Cl)c(Cl)c2)cc1. The van der Waals surface area contributed by atoms with Gasteiger partial charge in [-0.3, -0.25) is 0 Å². The Bertz CT molecular complexity index is 804. The summed E-state index contributed by atoms with van der Waals surface area (Å²) < 4.78 is 26.6. The average Bonchev–Trinajstić information content (AvgIpc) is 2.48. The molecule has 0 aliphatic heterocycles. The molecule has 0 radical (unpaired) electrons. The molecule has 0 aliphatic rings. The maximum Gasteiger partial charge on any atom is 0.240 e. The first-order valence-electron chi connectivity index (χ1n) is 6.04. The summed E-state index contributed by atoms with van der Waals surface area (Å²) in [5.41, 5.74) is 0.629. The topological polar surface area (TPSA) is 86.3 Å². The van der Waals surface area contributed by atoms with Gasteiger partial charge < -0.3 is 9.90 Å². The van der Waals surface area contributed by atoms with Crippen LogP contribution >= 0.6 is 23.2 Å². The lowest BCUT2D eigenvalue weighted by Gasteiger charge is -2.09. The summed E-state index contributed by atoms with van der Waals surface area (Å²) in [6.45, 7) is 0.00983. The zero-order chi connectivity index (χ0) is 16.3. The van der Waals surface area contributed by atoms with Gasteiger partial charge in [-0.15, -0.1) is 0 Å². The Balaban J connectivity index is 2.12. The third kappa shape index (κ3) is 3.98. The van der Waals surface area contributed by atoms with E-state index in [0.717, 1.165) is 0 Å². The molecule has 2 aromatic carbocycles. The Kier molecular flexibility index (Phi) is 5.08. The molecule has 0 amide bonds. The number of carboxylic acid groups (broad SMARTS) is 1. The first-order chi connectivity index (χ1) is 10.3. The van der Waals surface area contributed by atoms with E-state index in [4.69, 9.17) is 23.2 Å². The van der Waals surface area contributed by atoms with Crippen LogP contribution in [0.2, 0.25) is 10.0 Å². The predicted molar refractivity (Wildman–Crippen MR) is 81.3 cm³/mol. The van der Waals surface area contributed by atoms with E-state index in [1.165, 1.54) is 42.5 Å². The van der Waals surface area contributed by atoms with Crippen molar-refractivity contribution in [2.75, 3.05) is 0 Å². The number of halogens is 2. The minimum Gasteiger partial charge on any atom is -0.545 e. The molecule has 116 valence electrons. The van der Waals surface area contributed by atoms with Crippen LogP contribution in [0.5, 0.6) is 0 Å². The zero-order valence-electron chi connectivity index (χ0n) is 11.0. The van der Waals surface area contributed by atoms with Crippen LogP contribution in [-0.4, -0.2) is 14.4 Å². The highest BCUT2D eigenvalue weighted by molar-refractivity contribution is 7.89. The molecule has 1 N–H and O–H groups in total. The van der Waals surface area contributed by atoms with Crippen LogP contribution in [0.1, 0.15) is 15.9 Å². The standard InChI is InChI=1S/C14H11Cl2NO4S/c15-12-6-5-11(7-13(12)16)22(20,21)17-8-9-1-3-10(4-2-9)14(18)19/h1-7,17H,8H2,(H,18,19)/p-1. The van der Waals surface area contributed by atoms with Crippen molar-refractivity contribution in [2.45, 2.75) is 11.4 Å². The molecule has 22 heavy (non-hydrogen) atoms. The van der Waals surface area contributed by atoms with Gasteiger partial charge in [0.05, 0.1) is 20.9 Å². The van der Waals surface area contributed by atoms with Crippen LogP contribution < -0.4 is 9.83 Å². The molecule has 0 fully saturated rings. The quantitative estimate of drug-likeness (QED) is 0.883. The smallest absolute Gasteiger partial charge is 0.240 e. The minimum absolute atomic E-state index is 0.00624. The van der Waals surface area contributed by atoms with Crippen molar-refractivity contribution < 1.29 is 18.3 Å². The lowest BCUT2D eigenvalue weighted by Crippen LogP contribution is -2.24. The Hall–Kier alpha value is -1.60. The first kappa shape index (κ1) is 16.8. The molecular weight excluding hydrogens is 349 g/mol. The summed E-state index contributed by atoms with van der Waals surface area (Å²) in [6, 6.07) is 9.69. The summed E-state index contributed by atoms with van der Waals surface area (Å²) >= 11 is 11.5. The van der Waals surface area contributed by atoms with Crippen LogP contribution in [0.15, 0.2) is 47.4 Å². The van der Waals surface area contributed by atoms with Crippen LogP contribution in [0.4, 0.5) is 0 Å². The Morgan fingerprint density at radius 1 is 1.05 bits per heavy atom. The molecule has 0 heterocycles. The van der Waals surface area contributed by atoms with E-state index in [1.807, 2.05) is 0 Å². The van der Waals surface area contributed by atoms with E-state index in [0.29, 0.717) is 5.56 Å². The highest BCUT2D eigenvalue weighted by Crippen LogP contribution is 2.24. The number of carboxylic acids is 1. The van der Waals surface area contributed by atoms with Crippen LogP contribution in [0.25, 0.3) is 0 Å². The number of carbonyl (C=O) groups is 1. The van der Waals surface area contributed by atoms with Gasteiger partial charge in [0.15, 0.2) is 0 Å². The highest BCUT2D eigenvalue weighted by atomic mass is 35.5. The predicted octanol–water partition coefficient (Wildman–Crippen LogP) is 1.84. The van der Waals surface area contributed by atoms with Crippen molar-refractivity contribution in [1.29, 1.82) is 0 Å². The molecule has 2 rings (SSSR count). The number of carbonyl (C=O) groups excluding carboxylic acids is 1. The van der Waals surface area contributed by atoms with Gasteiger partial charge in [0.2, 0.25) is 10.0 Å². The molecule has 0 aliphatic carbocycles. The number of hydrogen-bond acceptors (Lipinski definition) is 4. The van der Waals surface area contributed by atoms with E-state index in [9.17, 15) is 18.3 Å². The van der Waals surface area contributed by atoms with Crippen molar-refractivity contribution in [3.05, 3.63) is 63.6 Å². The molecule has 0 saturated carbocycles. The molecule has 0 bridgehead atoms. The van der Waals surface area contributed by atoms with Crippen LogP contribution in [-0.2, 0) is 16.6 Å². The van der Waals surface area contributed by atoms with Gasteiger partial charge in [-0.2, -0.15) is 0 Å². The number of aromatic carboxylic acids is 1. The zero-order valence-corrected chi connectivity index (χ0v) is 13.4. The Morgan fingerprint density at radius 2 is 1.68 bits per heavy atom. The maximum absolute atomic E-state index is 12.1. The average molecular weight is 359 g/mol. The summed E-state index contributed by atoms with van der Waals surface area (Å²) in [5.74, 6) is -1.29. The van der Waals surface area contributed by atoms with Crippen molar-refractivity contribution in [1.82, 2.24) is 4.72 Å². The third-order valence-electron chi connectivity index (χ3n) is 2.86. The van der Waals surface area contributed by atoms with Gasteiger partial charge in [0.1, 0.15) is 0 Å². The minimum atomic E-state index is -3.75. The van der Waals surface area contributed by atoms with E-state index >= 15 is 0 Å². The highest BCUT2D eigenvalue weighted by Gasteiger charge is 2.15. The lowest BCUT2D eigenvalue weighted by molar-refractivity contribution is -0.255. The van der Waals surface area contributed by atoms with Gasteiger partial charge in [-0.1, -0.05) is 47.5 Å². The van der Waals surface area contributed by atoms with Gasteiger partial charge in [-0.05, 0) is 29.3 Å². The van der Waals surface area contributed by atoms with Gasteiger partial charge in [0, 0.05) is 6.54 Å². The molecule has 5 nitrogen and oxygen atoms in total. The van der Waals surface area contributed by atoms with Gasteiger partial charge in [0.25, 0.3) is 0 Å². The van der Waals surface area contributed by atoms with Crippen molar-refractivity contribution in [3.8, 4) is 0 Å². The number of benzene rings is 2. The van der Waals surface area contributed by atoms with Crippen molar-refractivity contribution >= 4 is 39.2 Å². The first-order valence-corrected chi connectivity index (χ1v) is 8.28. The lowest BCUT2D eigenvalue weighted by atomic mass is 10.1. The second-order valence-electron chi connectivity index (χ2n) is 4.38. The van der Waals surface area contributed by atoms with Crippen molar-refractivity contribution in [2.24, 2.45) is 0 Å². The molecular formula is C14H10Cl2NO4S-. The Labute approximate surface area is 137 Å². The molecule has 8 heteroatoms. The normalized spacial score (nSPS) is 11.4. The summed E-state index contributed by atoms with van der Waals surface area (Å²) in [6.07, 6.45) is 0. The van der Waals surface area contributed by atoms with E-state index in [2.05, 4.69) is 4.72 Å². The number of sulfonamides is 1. The molecule has 0 unspecified atom stereocenters. The molecule has 0 spiro atoms. The van der Waals surface area contributed by atoms with Gasteiger partial charge in [-0.25, -0.2) is 13.1 Å².